The van der Waals surface area contributed by atoms with Gasteiger partial charge in [-0.2, -0.15) is 0 Å². The molecule has 1 amide bonds. The molecule has 0 bridgehead atoms. The van der Waals surface area contributed by atoms with E-state index in [4.69, 9.17) is 21.9 Å². The number of carbonyl (C=O) groups excluding carboxylic acids is 2. The molecular weight excluding hydrogens is 474 g/mol. The number of amides is 1. The molecule has 4 aliphatic rings. The Morgan fingerprint density at radius 1 is 1.11 bits per heavy atom. The number of benzene rings is 2. The summed E-state index contributed by atoms with van der Waals surface area (Å²) in [4.78, 5) is 28.1. The molecule has 2 aliphatic heterocycles. The zero-order chi connectivity index (χ0) is 25.0. The van der Waals surface area contributed by atoms with Crippen molar-refractivity contribution < 1.29 is 14.3 Å². The largest absolute Gasteiger partial charge is 0.490 e. The lowest BCUT2D eigenvalue weighted by atomic mass is 9.65. The first-order chi connectivity index (χ1) is 17.4. The molecule has 2 aromatic carbocycles. The average Bonchev–Trinajstić information content (AvgIpc) is 3.27. The number of thioether (sulfide) groups is 1. The van der Waals surface area contributed by atoms with Gasteiger partial charge >= 0.3 is 0 Å². The third-order valence-electron chi connectivity index (χ3n) is 8.20. The monoisotopic (exact) mass is 507 g/mol. The fourth-order valence-electron chi connectivity index (χ4n) is 5.95. The fourth-order valence-corrected chi connectivity index (χ4v) is 7.41. The van der Waals surface area contributed by atoms with Gasteiger partial charge in [-0.1, -0.05) is 18.2 Å². The Balaban J connectivity index is 1.35. The van der Waals surface area contributed by atoms with Gasteiger partial charge in [0.1, 0.15) is 11.3 Å². The van der Waals surface area contributed by atoms with Crippen LogP contribution in [0.2, 0.25) is 0 Å². The predicted octanol–water partition coefficient (Wildman–Crippen LogP) is 1.74. The number of hydrogen-bond donors (Lipinski definition) is 5. The Kier molecular flexibility index (Phi) is 5.99. The van der Waals surface area contributed by atoms with Crippen molar-refractivity contribution in [2.75, 3.05) is 18.8 Å². The summed E-state index contributed by atoms with van der Waals surface area (Å²) in [5.41, 5.74) is 21.3. The van der Waals surface area contributed by atoms with E-state index in [2.05, 4.69) is 10.6 Å². The summed E-state index contributed by atoms with van der Waals surface area (Å²) in [6, 6.07) is 10.2. The number of ether oxygens (including phenoxy) is 1. The van der Waals surface area contributed by atoms with Crippen molar-refractivity contribution in [2.45, 2.75) is 71.9 Å². The number of Topliss-reactive ketones (excluding diaryl/α,β-unsaturated/α-hetero) is 1. The number of rotatable bonds is 5. The van der Waals surface area contributed by atoms with Crippen molar-refractivity contribution in [3.05, 3.63) is 53.1 Å². The van der Waals surface area contributed by atoms with Crippen molar-refractivity contribution >= 4 is 29.1 Å². The van der Waals surface area contributed by atoms with Crippen LogP contribution in [0.15, 0.2) is 41.3 Å². The first-order valence-corrected chi connectivity index (χ1v) is 13.7. The highest BCUT2D eigenvalue weighted by atomic mass is 32.2. The first-order valence-electron chi connectivity index (χ1n) is 12.8. The van der Waals surface area contributed by atoms with E-state index in [1.807, 2.05) is 30.3 Å². The van der Waals surface area contributed by atoms with E-state index in [-0.39, 0.29) is 23.8 Å². The number of ketones is 1. The molecule has 5 unspecified atom stereocenters. The summed E-state index contributed by atoms with van der Waals surface area (Å²) in [5, 5.41) is 5.95. The number of piperidine rings is 1. The molecule has 2 aromatic rings. The van der Waals surface area contributed by atoms with E-state index in [1.54, 1.807) is 6.07 Å². The van der Waals surface area contributed by atoms with Crippen LogP contribution < -0.4 is 32.6 Å². The minimum absolute atomic E-state index is 0.0668. The first kappa shape index (κ1) is 23.8. The Morgan fingerprint density at radius 2 is 1.89 bits per heavy atom. The van der Waals surface area contributed by atoms with E-state index < -0.39 is 22.7 Å². The molecule has 0 radical (unpaired) electrons. The molecule has 8 nitrogen and oxygen atoms in total. The minimum Gasteiger partial charge on any atom is -0.490 e. The lowest BCUT2D eigenvalue weighted by molar-refractivity contribution is -0.126. The number of carbonyl (C=O) groups is 2. The van der Waals surface area contributed by atoms with E-state index >= 15 is 0 Å². The van der Waals surface area contributed by atoms with Crippen molar-refractivity contribution in [2.24, 2.45) is 11.5 Å². The van der Waals surface area contributed by atoms with Gasteiger partial charge in [0.25, 0.3) is 0 Å². The van der Waals surface area contributed by atoms with Crippen LogP contribution in [0.4, 0.5) is 5.69 Å². The smallest absolute Gasteiger partial charge is 0.234 e. The molecule has 6 rings (SSSR count). The Hall–Kier alpha value is -2.59. The van der Waals surface area contributed by atoms with Gasteiger partial charge in [-0.15, -0.1) is 11.8 Å². The third kappa shape index (κ3) is 3.72. The van der Waals surface area contributed by atoms with Gasteiger partial charge in [0.15, 0.2) is 5.78 Å². The topological polar surface area (TPSA) is 145 Å². The van der Waals surface area contributed by atoms with Crippen LogP contribution >= 0.6 is 11.8 Å². The lowest BCUT2D eigenvalue weighted by Crippen LogP contribution is -2.60. The van der Waals surface area contributed by atoms with Crippen LogP contribution in [0.3, 0.4) is 0 Å². The van der Waals surface area contributed by atoms with E-state index in [1.165, 1.54) is 18.2 Å². The number of anilines is 1. The SMILES string of the molecule is Nc1ccc2c3c1SC(C(=O)NC1CCCNC1)C3C(N)C(=O)C2(N)c1ccc(OC2CCC2)cc1. The summed E-state index contributed by atoms with van der Waals surface area (Å²) in [6.45, 7) is 1.70. The van der Waals surface area contributed by atoms with E-state index in [9.17, 15) is 9.59 Å². The molecule has 9 heteroatoms. The molecule has 2 aliphatic carbocycles. The standard InChI is InChI=1S/C27H33N5O3S/c28-19-11-10-18-20-21(24(36-23(19)20)26(34)32-15-3-2-12-31-13-15)22(29)25(33)27(18,30)14-6-8-17(9-7-14)35-16-4-1-5-16/h6-11,15-16,21-22,24,31H,1-5,12-13,28-30H2,(H,32,34). The number of nitrogens with two attached hydrogens (primary N) is 3. The summed E-state index contributed by atoms with van der Waals surface area (Å²) in [5.74, 6) is -0.108. The van der Waals surface area contributed by atoms with Gasteiger partial charge in [0, 0.05) is 29.1 Å². The predicted molar refractivity (Wildman–Crippen MR) is 140 cm³/mol. The third-order valence-corrected chi connectivity index (χ3v) is 9.65. The Morgan fingerprint density at radius 3 is 2.56 bits per heavy atom. The van der Waals surface area contributed by atoms with Crippen molar-refractivity contribution in [3.63, 3.8) is 0 Å². The molecule has 2 fully saturated rings. The van der Waals surface area contributed by atoms with Crippen LogP contribution in [0.5, 0.6) is 5.75 Å². The Labute approximate surface area is 215 Å². The second-order valence-corrected chi connectivity index (χ2v) is 11.6. The quantitative estimate of drug-likeness (QED) is 0.385. The molecule has 0 spiro atoms. The maximum atomic E-state index is 13.9. The molecule has 0 aromatic heterocycles. The zero-order valence-corrected chi connectivity index (χ0v) is 21.0. The molecule has 190 valence electrons. The van der Waals surface area contributed by atoms with Gasteiger partial charge in [-0.25, -0.2) is 0 Å². The normalized spacial score (nSPS) is 31.4. The minimum atomic E-state index is -1.43. The lowest BCUT2D eigenvalue weighted by Gasteiger charge is -2.41. The molecule has 8 N–H and O–H groups in total. The van der Waals surface area contributed by atoms with Crippen molar-refractivity contribution in [1.29, 1.82) is 0 Å². The zero-order valence-electron chi connectivity index (χ0n) is 20.2. The van der Waals surface area contributed by atoms with Gasteiger partial charge < -0.3 is 32.6 Å². The van der Waals surface area contributed by atoms with Crippen molar-refractivity contribution in [3.8, 4) is 5.75 Å². The van der Waals surface area contributed by atoms with Crippen LogP contribution in [0, 0.1) is 0 Å². The van der Waals surface area contributed by atoms with E-state index in [0.29, 0.717) is 16.8 Å². The molecule has 36 heavy (non-hydrogen) atoms. The highest BCUT2D eigenvalue weighted by molar-refractivity contribution is 8.01. The average molecular weight is 508 g/mol. The van der Waals surface area contributed by atoms with Crippen molar-refractivity contribution in [1.82, 2.24) is 10.6 Å². The molecule has 2 heterocycles. The van der Waals surface area contributed by atoms with E-state index in [0.717, 1.165) is 55.0 Å². The van der Waals surface area contributed by atoms with Gasteiger partial charge in [0.2, 0.25) is 5.91 Å². The van der Waals surface area contributed by atoms with Gasteiger partial charge in [-0.3, -0.25) is 9.59 Å². The summed E-state index contributed by atoms with van der Waals surface area (Å²) >= 11 is 1.40. The van der Waals surface area contributed by atoms with Crippen LogP contribution in [-0.4, -0.2) is 48.2 Å². The highest BCUT2D eigenvalue weighted by Crippen LogP contribution is 2.56. The maximum Gasteiger partial charge on any atom is 0.234 e. The summed E-state index contributed by atoms with van der Waals surface area (Å²) < 4.78 is 5.99. The molecule has 1 saturated carbocycles. The molecule has 5 atom stereocenters. The van der Waals surface area contributed by atoms with Gasteiger partial charge in [0.05, 0.1) is 17.4 Å². The molecular formula is C27H33N5O3S. The van der Waals surface area contributed by atoms with Crippen LogP contribution in [-0.2, 0) is 15.1 Å². The molecule has 1 saturated heterocycles. The second-order valence-electron chi connectivity index (χ2n) is 10.5. The van der Waals surface area contributed by atoms with Crippen LogP contribution in [0.25, 0.3) is 0 Å². The second kappa shape index (κ2) is 9.06. The summed E-state index contributed by atoms with van der Waals surface area (Å²) in [7, 11) is 0. The highest BCUT2D eigenvalue weighted by Gasteiger charge is 2.56. The number of hydrogen-bond acceptors (Lipinski definition) is 8. The van der Waals surface area contributed by atoms with Gasteiger partial charge in [-0.05, 0) is 73.5 Å². The maximum absolute atomic E-state index is 13.9. The fraction of sp³-hybridized carbons (Fsp3) is 0.481. The number of nitrogen functional groups attached to an aromatic ring is 1. The summed E-state index contributed by atoms with van der Waals surface area (Å²) in [6.07, 6.45) is 5.54. The Bertz CT molecular complexity index is 1190. The van der Waals surface area contributed by atoms with Crippen LogP contribution in [0.1, 0.15) is 54.7 Å². The number of nitrogens with one attached hydrogen (secondary N) is 2.